The molecule has 5 rings (SSSR count). The van der Waals surface area contributed by atoms with Crippen LogP contribution in [0.15, 0.2) is 61.2 Å². The highest BCUT2D eigenvalue weighted by Crippen LogP contribution is 2.32. The normalized spacial score (nSPS) is 15.4. The molecule has 0 radical (unpaired) electrons. The number of likely N-dealkylation sites (N-methyl/N-ethyl adjacent to an activating group) is 1. The minimum atomic E-state index is -0.181. The van der Waals surface area contributed by atoms with Gasteiger partial charge in [0.1, 0.15) is 23.5 Å². The molecule has 34 heavy (non-hydrogen) atoms. The molecule has 1 saturated heterocycles. The predicted octanol–water partition coefficient (Wildman–Crippen LogP) is 4.90. The topological polar surface area (TPSA) is 91.9 Å². The molecule has 0 bridgehead atoms. The van der Waals surface area contributed by atoms with Crippen LogP contribution in [0.3, 0.4) is 0 Å². The molecule has 1 aliphatic heterocycles. The smallest absolute Gasteiger partial charge is 0.197 e. The average molecular weight is 478 g/mol. The van der Waals surface area contributed by atoms with Gasteiger partial charge in [-0.3, -0.25) is 4.79 Å². The maximum atomic E-state index is 13.0. The van der Waals surface area contributed by atoms with Gasteiger partial charge in [0.25, 0.3) is 0 Å². The molecule has 3 heterocycles. The van der Waals surface area contributed by atoms with Crippen LogP contribution in [0, 0.1) is 6.92 Å². The molecule has 2 aromatic carbocycles. The molecular formula is C26H28ClN5O2. The summed E-state index contributed by atoms with van der Waals surface area (Å²) in [5.41, 5.74) is 2.28. The first-order valence-corrected chi connectivity index (χ1v) is 11.7. The van der Waals surface area contributed by atoms with Gasteiger partial charge in [0.2, 0.25) is 0 Å². The molecule has 7 nitrogen and oxygen atoms in total. The van der Waals surface area contributed by atoms with Crippen molar-refractivity contribution < 1.29 is 9.53 Å². The van der Waals surface area contributed by atoms with E-state index in [0.29, 0.717) is 38.7 Å². The second-order valence-electron chi connectivity index (χ2n) is 8.16. The van der Waals surface area contributed by atoms with Crippen molar-refractivity contribution >= 4 is 28.4 Å². The summed E-state index contributed by atoms with van der Waals surface area (Å²) in [7, 11) is 2.03. The number of hydrogen-bond donors (Lipinski definition) is 3. The summed E-state index contributed by atoms with van der Waals surface area (Å²) in [6.07, 6.45) is 7.34. The van der Waals surface area contributed by atoms with E-state index < -0.39 is 0 Å². The third kappa shape index (κ3) is 5.62. The van der Waals surface area contributed by atoms with Gasteiger partial charge in [0.15, 0.2) is 5.78 Å². The van der Waals surface area contributed by atoms with Crippen molar-refractivity contribution in [3.63, 3.8) is 0 Å². The molecule has 2 aromatic heterocycles. The molecule has 0 aliphatic carbocycles. The lowest BCUT2D eigenvalue weighted by Gasteiger charge is -2.21. The highest BCUT2D eigenvalue weighted by molar-refractivity contribution is 6.36. The van der Waals surface area contributed by atoms with Crippen LogP contribution in [0.5, 0.6) is 11.5 Å². The Kier molecular flexibility index (Phi) is 7.90. The summed E-state index contributed by atoms with van der Waals surface area (Å²) in [6.45, 7) is 4.19. The number of aryl methyl sites for hydroxylation is 1. The lowest BCUT2D eigenvalue weighted by molar-refractivity contribution is 0.104. The molecule has 4 aromatic rings. The maximum absolute atomic E-state index is 13.0. The minimum absolute atomic E-state index is 0.181. The van der Waals surface area contributed by atoms with Crippen LogP contribution in [0.1, 0.15) is 34.3 Å². The molecule has 8 heteroatoms. The summed E-state index contributed by atoms with van der Waals surface area (Å²) in [5.74, 6) is 1.10. The van der Waals surface area contributed by atoms with Crippen LogP contribution in [-0.4, -0.2) is 46.9 Å². The van der Waals surface area contributed by atoms with Crippen molar-refractivity contribution in [2.24, 2.45) is 0 Å². The summed E-state index contributed by atoms with van der Waals surface area (Å²) in [5, 5.41) is 7.57. The van der Waals surface area contributed by atoms with Crippen LogP contribution in [0.2, 0.25) is 5.02 Å². The number of carbonyl (C=O) groups excluding carboxylic acids is 1. The second kappa shape index (κ2) is 11.2. The Bertz CT molecular complexity index is 1230. The number of aromatic amines is 1. The van der Waals surface area contributed by atoms with Gasteiger partial charge in [-0.25, -0.2) is 9.97 Å². The lowest BCUT2D eigenvalue weighted by Crippen LogP contribution is -2.41. The molecule has 3 N–H and O–H groups in total. The van der Waals surface area contributed by atoms with Gasteiger partial charge in [-0.05, 0) is 57.1 Å². The Labute approximate surface area is 203 Å². The zero-order valence-electron chi connectivity index (χ0n) is 19.3. The third-order valence-corrected chi connectivity index (χ3v) is 6.07. The molecule has 1 atom stereocenters. The number of rotatable bonds is 5. The first-order chi connectivity index (χ1) is 16.6. The molecule has 0 saturated carbocycles. The quantitative estimate of drug-likeness (QED) is 0.354. The number of halogens is 1. The molecular weight excluding hydrogens is 450 g/mol. The predicted molar refractivity (Wildman–Crippen MR) is 135 cm³/mol. The number of H-pyrrole nitrogens is 1. The largest absolute Gasteiger partial charge is 0.457 e. The van der Waals surface area contributed by atoms with Gasteiger partial charge in [0, 0.05) is 42.0 Å². The average Bonchev–Trinajstić information content (AvgIpc) is 3.29. The highest BCUT2D eigenvalue weighted by Gasteiger charge is 2.20. The Hall–Kier alpha value is -3.26. The summed E-state index contributed by atoms with van der Waals surface area (Å²) in [6, 6.07) is 13.6. The fourth-order valence-corrected chi connectivity index (χ4v) is 4.31. The number of ether oxygens (including phenoxy) is 1. The Morgan fingerprint density at radius 2 is 2.03 bits per heavy atom. The van der Waals surface area contributed by atoms with Crippen LogP contribution < -0.4 is 15.4 Å². The van der Waals surface area contributed by atoms with Gasteiger partial charge in [-0.2, -0.15) is 0 Å². The number of para-hydroxylation sites is 1. The van der Waals surface area contributed by atoms with Crippen LogP contribution in [0.4, 0.5) is 0 Å². The fourth-order valence-electron chi connectivity index (χ4n) is 3.96. The first kappa shape index (κ1) is 23.9. The van der Waals surface area contributed by atoms with Crippen molar-refractivity contribution in [1.82, 2.24) is 25.6 Å². The number of carbonyl (C=O) groups is 1. The van der Waals surface area contributed by atoms with E-state index in [9.17, 15) is 4.79 Å². The van der Waals surface area contributed by atoms with Crippen molar-refractivity contribution in [3.05, 3.63) is 82.9 Å². The van der Waals surface area contributed by atoms with Gasteiger partial charge >= 0.3 is 0 Å². The third-order valence-electron chi connectivity index (χ3n) is 5.77. The zero-order valence-corrected chi connectivity index (χ0v) is 20.0. The monoisotopic (exact) mass is 477 g/mol. The summed E-state index contributed by atoms with van der Waals surface area (Å²) < 4.78 is 5.81. The van der Waals surface area contributed by atoms with E-state index >= 15 is 0 Å². The standard InChI is InChI=1S/C20H14ClN3O2.C6H14N2/c1-12-7-14(26-13-5-3-2-4-6-13)8-17(21)18(12)19(25)15-10-23-20-16(15)9-22-11-24-20;1-7-6-3-2-4-8-5-6/h2-11H,1H3,(H,22,23,24);6-8H,2-5H2,1H3. The molecule has 1 aliphatic rings. The summed E-state index contributed by atoms with van der Waals surface area (Å²) >= 11 is 6.42. The fraction of sp³-hybridized carbons (Fsp3) is 0.269. The number of fused-ring (bicyclic) bond motifs is 1. The van der Waals surface area contributed by atoms with E-state index in [-0.39, 0.29) is 5.78 Å². The minimum Gasteiger partial charge on any atom is -0.457 e. The van der Waals surface area contributed by atoms with Crippen molar-refractivity contribution in [2.75, 3.05) is 20.1 Å². The van der Waals surface area contributed by atoms with Crippen LogP contribution in [-0.2, 0) is 0 Å². The maximum Gasteiger partial charge on any atom is 0.197 e. The Balaban J connectivity index is 0.000000291. The Morgan fingerprint density at radius 1 is 1.21 bits per heavy atom. The molecule has 0 amide bonds. The van der Waals surface area contributed by atoms with Gasteiger partial charge in [0.05, 0.1) is 10.6 Å². The first-order valence-electron chi connectivity index (χ1n) is 11.3. The van der Waals surface area contributed by atoms with E-state index in [1.165, 1.54) is 25.7 Å². The number of aromatic nitrogens is 3. The van der Waals surface area contributed by atoms with Crippen LogP contribution in [0.25, 0.3) is 11.0 Å². The van der Waals surface area contributed by atoms with E-state index in [1.807, 2.05) is 44.3 Å². The molecule has 1 unspecified atom stereocenters. The zero-order chi connectivity index (χ0) is 23.9. The number of ketones is 1. The Morgan fingerprint density at radius 3 is 2.71 bits per heavy atom. The van der Waals surface area contributed by atoms with E-state index in [0.717, 1.165) is 18.2 Å². The molecule has 176 valence electrons. The van der Waals surface area contributed by atoms with E-state index in [2.05, 4.69) is 25.6 Å². The highest BCUT2D eigenvalue weighted by atomic mass is 35.5. The number of benzene rings is 2. The van der Waals surface area contributed by atoms with Gasteiger partial charge < -0.3 is 20.4 Å². The van der Waals surface area contributed by atoms with Gasteiger partial charge in [-0.1, -0.05) is 29.8 Å². The number of hydrogen-bond acceptors (Lipinski definition) is 6. The molecule has 0 spiro atoms. The molecule has 1 fully saturated rings. The number of nitrogens with zero attached hydrogens (tertiary/aromatic N) is 2. The van der Waals surface area contributed by atoms with Crippen molar-refractivity contribution in [3.8, 4) is 11.5 Å². The number of nitrogens with one attached hydrogen (secondary N) is 3. The number of piperidine rings is 1. The van der Waals surface area contributed by atoms with Crippen molar-refractivity contribution in [1.29, 1.82) is 0 Å². The van der Waals surface area contributed by atoms with E-state index in [1.54, 1.807) is 24.5 Å². The van der Waals surface area contributed by atoms with Crippen LogP contribution >= 0.6 is 11.6 Å². The van der Waals surface area contributed by atoms with E-state index in [4.69, 9.17) is 16.3 Å². The summed E-state index contributed by atoms with van der Waals surface area (Å²) in [4.78, 5) is 24.1. The SMILES string of the molecule is CNC1CCCNC1.Cc1cc(Oc2ccccc2)cc(Cl)c1C(=O)c1c[nH]c2ncncc12. The lowest BCUT2D eigenvalue weighted by atomic mass is 9.99. The second-order valence-corrected chi connectivity index (χ2v) is 8.57. The van der Waals surface area contributed by atoms with Crippen molar-refractivity contribution in [2.45, 2.75) is 25.8 Å². The van der Waals surface area contributed by atoms with Gasteiger partial charge in [-0.15, -0.1) is 0 Å².